The molecule has 1 aliphatic carbocycles. The highest BCUT2D eigenvalue weighted by molar-refractivity contribution is 5.45. The summed E-state index contributed by atoms with van der Waals surface area (Å²) in [6.45, 7) is 2.06. The summed E-state index contributed by atoms with van der Waals surface area (Å²) in [5, 5.41) is 15.3. The van der Waals surface area contributed by atoms with Crippen LogP contribution < -0.4 is 10.6 Å². The third-order valence-corrected chi connectivity index (χ3v) is 3.79. The maximum absolute atomic E-state index is 13.3. The van der Waals surface area contributed by atoms with Crippen molar-refractivity contribution in [3.8, 4) is 0 Å². The van der Waals surface area contributed by atoms with Crippen molar-refractivity contribution < 1.29 is 13.9 Å². The number of aromatic nitrogens is 2. The summed E-state index contributed by atoms with van der Waals surface area (Å²) in [6, 6.07) is 5.11. The Morgan fingerprint density at radius 1 is 1.17 bits per heavy atom. The summed E-state index contributed by atoms with van der Waals surface area (Å²) in [7, 11) is 0. The zero-order valence-corrected chi connectivity index (χ0v) is 13.4. The summed E-state index contributed by atoms with van der Waals surface area (Å²) in [5.74, 6) is 0.253. The Balaban J connectivity index is 1.76. The fraction of sp³-hybridized carbons (Fsp3) is 0.412. The lowest BCUT2D eigenvalue weighted by atomic mass is 10.2. The summed E-state index contributed by atoms with van der Waals surface area (Å²) in [5.41, 5.74) is 1.43. The van der Waals surface area contributed by atoms with Gasteiger partial charge in [0.15, 0.2) is 0 Å². The summed E-state index contributed by atoms with van der Waals surface area (Å²) >= 11 is 0. The van der Waals surface area contributed by atoms with Crippen LogP contribution in [0.3, 0.4) is 0 Å². The summed E-state index contributed by atoms with van der Waals surface area (Å²) < 4.78 is 26.5. The van der Waals surface area contributed by atoms with Crippen molar-refractivity contribution in [3.05, 3.63) is 47.2 Å². The molecule has 0 unspecified atom stereocenters. The summed E-state index contributed by atoms with van der Waals surface area (Å²) in [6.07, 6.45) is 2.20. The van der Waals surface area contributed by atoms with E-state index in [0.29, 0.717) is 23.2 Å². The van der Waals surface area contributed by atoms with Crippen molar-refractivity contribution in [1.82, 2.24) is 9.97 Å². The number of hydrogen-bond acceptors (Lipinski definition) is 5. The molecule has 7 heteroatoms. The Labute approximate surface area is 139 Å². The van der Waals surface area contributed by atoms with Gasteiger partial charge in [0.1, 0.15) is 17.5 Å². The van der Waals surface area contributed by atoms with E-state index in [2.05, 4.69) is 20.6 Å². The number of nitrogens with one attached hydrogen (secondary N) is 2. The number of hydrogen-bond donors (Lipinski definition) is 3. The molecular formula is C17H20F2N4O. The largest absolute Gasteiger partial charge is 0.394 e. The number of aliphatic hydroxyl groups is 1. The van der Waals surface area contributed by atoms with Crippen LogP contribution in [0.4, 0.5) is 20.5 Å². The molecule has 1 aliphatic rings. The van der Waals surface area contributed by atoms with Gasteiger partial charge in [0.2, 0.25) is 5.95 Å². The van der Waals surface area contributed by atoms with E-state index in [-0.39, 0.29) is 19.2 Å². The van der Waals surface area contributed by atoms with Crippen molar-refractivity contribution in [2.24, 2.45) is 0 Å². The first-order valence-electron chi connectivity index (χ1n) is 7.98. The molecule has 1 fully saturated rings. The molecule has 3 N–H and O–H groups in total. The third kappa shape index (κ3) is 4.38. The van der Waals surface area contributed by atoms with Gasteiger partial charge >= 0.3 is 0 Å². The van der Waals surface area contributed by atoms with E-state index in [0.717, 1.165) is 24.6 Å². The van der Waals surface area contributed by atoms with Gasteiger partial charge in [-0.15, -0.1) is 0 Å². The highest BCUT2D eigenvalue weighted by atomic mass is 19.1. The molecule has 0 radical (unpaired) electrons. The van der Waals surface area contributed by atoms with Crippen molar-refractivity contribution in [2.45, 2.75) is 38.3 Å². The predicted octanol–water partition coefficient (Wildman–Crippen LogP) is 3.04. The van der Waals surface area contributed by atoms with Crippen molar-refractivity contribution >= 4 is 11.8 Å². The molecule has 0 amide bonds. The smallest absolute Gasteiger partial charge is 0.225 e. The minimum atomic E-state index is -0.604. The Morgan fingerprint density at radius 2 is 1.88 bits per heavy atom. The molecule has 1 heterocycles. The van der Waals surface area contributed by atoms with Crippen molar-refractivity contribution in [1.29, 1.82) is 0 Å². The van der Waals surface area contributed by atoms with E-state index in [1.807, 2.05) is 13.0 Å². The monoisotopic (exact) mass is 334 g/mol. The van der Waals surface area contributed by atoms with Gasteiger partial charge in [-0.1, -0.05) is 0 Å². The van der Waals surface area contributed by atoms with Gasteiger partial charge in [-0.05, 0) is 37.5 Å². The zero-order valence-electron chi connectivity index (χ0n) is 13.4. The van der Waals surface area contributed by atoms with Crippen LogP contribution in [0.15, 0.2) is 24.3 Å². The number of halogens is 2. The lowest BCUT2D eigenvalue weighted by Crippen LogP contribution is -2.21. The van der Waals surface area contributed by atoms with E-state index in [1.165, 1.54) is 12.1 Å². The molecule has 24 heavy (non-hydrogen) atoms. The second kappa shape index (κ2) is 7.09. The van der Waals surface area contributed by atoms with Gasteiger partial charge in [0.25, 0.3) is 0 Å². The second-order valence-corrected chi connectivity index (χ2v) is 6.14. The molecule has 1 aromatic carbocycles. The zero-order chi connectivity index (χ0) is 17.1. The van der Waals surface area contributed by atoms with Gasteiger partial charge in [0, 0.05) is 30.6 Å². The van der Waals surface area contributed by atoms with Gasteiger partial charge in [-0.25, -0.2) is 13.8 Å². The number of anilines is 2. The van der Waals surface area contributed by atoms with Crippen LogP contribution in [0.2, 0.25) is 0 Å². The molecule has 0 spiro atoms. The Bertz CT molecular complexity index is 701. The Morgan fingerprint density at radius 3 is 2.50 bits per heavy atom. The first-order valence-corrected chi connectivity index (χ1v) is 7.98. The van der Waals surface area contributed by atoms with E-state index in [9.17, 15) is 8.78 Å². The Hall–Kier alpha value is -2.28. The van der Waals surface area contributed by atoms with Crippen LogP contribution in [0.5, 0.6) is 0 Å². The third-order valence-electron chi connectivity index (χ3n) is 3.79. The molecule has 1 atom stereocenters. The van der Waals surface area contributed by atoms with Crippen LogP contribution in [0.25, 0.3) is 0 Å². The van der Waals surface area contributed by atoms with Crippen LogP contribution >= 0.6 is 0 Å². The van der Waals surface area contributed by atoms with Crippen LogP contribution in [-0.4, -0.2) is 27.7 Å². The topological polar surface area (TPSA) is 70.1 Å². The minimum Gasteiger partial charge on any atom is -0.394 e. The van der Waals surface area contributed by atoms with Crippen molar-refractivity contribution in [2.75, 3.05) is 17.2 Å². The molecule has 2 aromatic rings. The molecule has 1 aromatic heterocycles. The SMILES string of the molecule is C[C@@H](CO)Nc1nc(NCc2cc(F)cc(F)c2)cc(C2CC2)n1. The van der Waals surface area contributed by atoms with Gasteiger partial charge in [-0.3, -0.25) is 0 Å². The van der Waals surface area contributed by atoms with Crippen LogP contribution in [-0.2, 0) is 6.54 Å². The maximum atomic E-state index is 13.3. The average Bonchev–Trinajstić information content (AvgIpc) is 3.36. The fourth-order valence-corrected chi connectivity index (χ4v) is 2.38. The van der Waals surface area contributed by atoms with Crippen molar-refractivity contribution in [3.63, 3.8) is 0 Å². The second-order valence-electron chi connectivity index (χ2n) is 6.14. The van der Waals surface area contributed by atoms with Gasteiger partial charge in [0.05, 0.1) is 12.3 Å². The molecule has 1 saturated carbocycles. The molecule has 0 saturated heterocycles. The normalized spacial score (nSPS) is 15.2. The standard InChI is InChI=1S/C17H20F2N4O/c1-10(9-24)21-17-22-15(12-2-3-12)7-16(23-17)20-8-11-4-13(18)6-14(19)5-11/h4-7,10,12,24H,2-3,8-9H2,1H3,(H2,20,21,22,23)/t10-/m0/s1. The minimum absolute atomic E-state index is 0.0254. The average molecular weight is 334 g/mol. The van der Waals surface area contributed by atoms with E-state index < -0.39 is 11.6 Å². The first kappa shape index (κ1) is 16.6. The fourth-order valence-electron chi connectivity index (χ4n) is 2.38. The van der Waals surface area contributed by atoms with E-state index >= 15 is 0 Å². The number of nitrogens with zero attached hydrogens (tertiary/aromatic N) is 2. The molecule has 3 rings (SSSR count). The summed E-state index contributed by atoms with van der Waals surface area (Å²) in [4.78, 5) is 8.83. The Kier molecular flexibility index (Phi) is 4.89. The molecule has 0 aliphatic heterocycles. The number of aliphatic hydroxyl groups excluding tert-OH is 1. The highest BCUT2D eigenvalue weighted by Gasteiger charge is 2.26. The first-order chi connectivity index (χ1) is 11.5. The lowest BCUT2D eigenvalue weighted by Gasteiger charge is -2.14. The molecular weight excluding hydrogens is 314 g/mol. The van der Waals surface area contributed by atoms with Crippen LogP contribution in [0, 0.1) is 11.6 Å². The predicted molar refractivity (Wildman–Crippen MR) is 87.9 cm³/mol. The maximum Gasteiger partial charge on any atom is 0.225 e. The number of rotatable bonds is 7. The quantitative estimate of drug-likeness (QED) is 0.726. The number of benzene rings is 1. The van der Waals surface area contributed by atoms with Gasteiger partial charge < -0.3 is 15.7 Å². The molecule has 5 nitrogen and oxygen atoms in total. The van der Waals surface area contributed by atoms with E-state index in [1.54, 1.807) is 0 Å². The van der Waals surface area contributed by atoms with Crippen LogP contribution in [0.1, 0.15) is 36.9 Å². The van der Waals surface area contributed by atoms with Gasteiger partial charge in [-0.2, -0.15) is 4.98 Å². The van der Waals surface area contributed by atoms with E-state index in [4.69, 9.17) is 5.11 Å². The lowest BCUT2D eigenvalue weighted by molar-refractivity contribution is 0.281. The highest BCUT2D eigenvalue weighted by Crippen LogP contribution is 2.39. The molecule has 0 bridgehead atoms. The molecule has 128 valence electrons.